The van der Waals surface area contributed by atoms with Crippen molar-refractivity contribution in [3.63, 3.8) is 0 Å². The van der Waals surface area contributed by atoms with E-state index in [0.717, 1.165) is 29.1 Å². The zero-order chi connectivity index (χ0) is 21.9. The molecule has 31 heavy (non-hydrogen) atoms. The summed E-state index contributed by atoms with van der Waals surface area (Å²) in [6.45, 7) is 2.95. The molecule has 1 N–H and O–H groups in total. The number of fused-ring (bicyclic) bond motifs is 3. The molecule has 0 spiro atoms. The summed E-state index contributed by atoms with van der Waals surface area (Å²) < 4.78 is 10.1. The van der Waals surface area contributed by atoms with Crippen molar-refractivity contribution in [1.29, 1.82) is 0 Å². The maximum atomic E-state index is 11.5. The van der Waals surface area contributed by atoms with Gasteiger partial charge in [0.1, 0.15) is 5.75 Å². The third-order valence-corrected chi connectivity index (χ3v) is 7.63. The Balaban J connectivity index is 1.39. The molecular formula is C27H33NO3. The maximum absolute atomic E-state index is 11.5. The van der Waals surface area contributed by atoms with Crippen molar-refractivity contribution in [3.05, 3.63) is 65.7 Å². The van der Waals surface area contributed by atoms with Gasteiger partial charge in [-0.15, -0.1) is 0 Å². The summed E-state index contributed by atoms with van der Waals surface area (Å²) in [4.78, 5) is 11.5. The highest BCUT2D eigenvalue weighted by Crippen LogP contribution is 2.57. The van der Waals surface area contributed by atoms with Gasteiger partial charge in [0.25, 0.3) is 0 Å². The number of benzene rings is 2. The van der Waals surface area contributed by atoms with Crippen LogP contribution in [-0.2, 0) is 14.9 Å². The molecule has 5 rings (SSSR count). The monoisotopic (exact) mass is 419 g/mol. The van der Waals surface area contributed by atoms with Crippen molar-refractivity contribution in [2.24, 2.45) is 5.41 Å². The second-order valence-electron chi connectivity index (χ2n) is 9.29. The van der Waals surface area contributed by atoms with Crippen molar-refractivity contribution in [2.75, 3.05) is 26.1 Å². The molecule has 164 valence electrons. The largest absolute Gasteiger partial charge is 0.497 e. The maximum Gasteiger partial charge on any atom is 0.330 e. The van der Waals surface area contributed by atoms with Crippen LogP contribution in [0.4, 0.5) is 5.69 Å². The predicted octanol–water partition coefficient (Wildman–Crippen LogP) is 5.98. The molecule has 4 nitrogen and oxygen atoms in total. The zero-order valence-electron chi connectivity index (χ0n) is 18.9. The van der Waals surface area contributed by atoms with Gasteiger partial charge in [0, 0.05) is 18.3 Å². The lowest BCUT2D eigenvalue weighted by atomic mass is 9.52. The molecule has 0 heterocycles. The third kappa shape index (κ3) is 4.48. The van der Waals surface area contributed by atoms with Gasteiger partial charge in [0.15, 0.2) is 0 Å². The Hall–Kier alpha value is -2.75. The van der Waals surface area contributed by atoms with Crippen LogP contribution in [-0.4, -0.2) is 26.7 Å². The van der Waals surface area contributed by atoms with Crippen molar-refractivity contribution in [1.82, 2.24) is 0 Å². The summed E-state index contributed by atoms with van der Waals surface area (Å²) in [6, 6.07) is 17.0. The first-order valence-electron chi connectivity index (χ1n) is 11.2. The van der Waals surface area contributed by atoms with E-state index < -0.39 is 0 Å². The van der Waals surface area contributed by atoms with E-state index in [9.17, 15) is 4.79 Å². The van der Waals surface area contributed by atoms with Crippen molar-refractivity contribution in [2.45, 2.75) is 50.9 Å². The van der Waals surface area contributed by atoms with Crippen LogP contribution < -0.4 is 10.1 Å². The van der Waals surface area contributed by atoms with Crippen molar-refractivity contribution < 1.29 is 14.3 Å². The van der Waals surface area contributed by atoms with Crippen LogP contribution in [0.2, 0.25) is 0 Å². The van der Waals surface area contributed by atoms with E-state index in [0.29, 0.717) is 10.8 Å². The van der Waals surface area contributed by atoms with E-state index >= 15 is 0 Å². The normalized spacial score (nSPS) is 25.2. The molecular weight excluding hydrogens is 386 g/mol. The minimum Gasteiger partial charge on any atom is -0.497 e. The van der Waals surface area contributed by atoms with Crippen LogP contribution in [0.1, 0.15) is 56.6 Å². The molecule has 0 unspecified atom stereocenters. The Kier molecular flexibility index (Phi) is 6.08. The van der Waals surface area contributed by atoms with E-state index in [-0.39, 0.29) is 5.97 Å². The molecule has 0 amide bonds. The van der Waals surface area contributed by atoms with Gasteiger partial charge in [-0.25, -0.2) is 4.79 Å². The van der Waals surface area contributed by atoms with Gasteiger partial charge in [-0.3, -0.25) is 0 Å². The number of rotatable bonds is 7. The van der Waals surface area contributed by atoms with E-state index in [2.05, 4.69) is 41.7 Å². The number of hydrogen-bond acceptors (Lipinski definition) is 4. The van der Waals surface area contributed by atoms with Crippen LogP contribution in [0.15, 0.2) is 54.6 Å². The number of methoxy groups -OCH3 is 2. The minimum atomic E-state index is -0.320. The molecule has 2 aromatic rings. The summed E-state index contributed by atoms with van der Waals surface area (Å²) in [5, 5.41) is 3.70. The van der Waals surface area contributed by atoms with Crippen LogP contribution in [0.3, 0.4) is 0 Å². The SMILES string of the molecule is COC(=O)/C=C(\C)c1cccc(NCC23CCC(c4ccc(OC)cc4)(CC2)CC3)c1. The third-order valence-electron chi connectivity index (χ3n) is 7.63. The number of carbonyl (C=O) groups excluding carboxylic acids is 1. The summed E-state index contributed by atoms with van der Waals surface area (Å²) in [5.74, 6) is 0.615. The predicted molar refractivity (Wildman–Crippen MR) is 125 cm³/mol. The lowest BCUT2D eigenvalue weighted by molar-refractivity contribution is -0.134. The highest BCUT2D eigenvalue weighted by molar-refractivity contribution is 5.91. The zero-order valence-corrected chi connectivity index (χ0v) is 18.9. The second-order valence-corrected chi connectivity index (χ2v) is 9.29. The lowest BCUT2D eigenvalue weighted by Gasteiger charge is -2.54. The number of nitrogens with one attached hydrogen (secondary N) is 1. The molecule has 0 radical (unpaired) electrons. The summed E-state index contributed by atoms with van der Waals surface area (Å²) in [7, 11) is 3.13. The molecule has 4 heteroatoms. The van der Waals surface area contributed by atoms with Gasteiger partial charge >= 0.3 is 5.97 Å². The van der Waals surface area contributed by atoms with E-state index in [1.165, 1.54) is 51.2 Å². The van der Waals surface area contributed by atoms with Gasteiger partial charge in [0.2, 0.25) is 0 Å². The van der Waals surface area contributed by atoms with E-state index in [4.69, 9.17) is 9.47 Å². The summed E-state index contributed by atoms with van der Waals surface area (Å²) in [5.41, 5.74) is 5.29. The summed E-state index contributed by atoms with van der Waals surface area (Å²) in [6.07, 6.45) is 9.15. The van der Waals surface area contributed by atoms with Gasteiger partial charge in [-0.1, -0.05) is 24.3 Å². The quantitative estimate of drug-likeness (QED) is 0.443. The molecule has 3 aliphatic carbocycles. The highest BCUT2D eigenvalue weighted by atomic mass is 16.5. The Bertz CT molecular complexity index is 936. The average molecular weight is 420 g/mol. The second kappa shape index (κ2) is 8.78. The van der Waals surface area contributed by atoms with Crippen LogP contribution in [0.25, 0.3) is 5.57 Å². The molecule has 2 bridgehead atoms. The lowest BCUT2D eigenvalue weighted by Crippen LogP contribution is -2.47. The van der Waals surface area contributed by atoms with Crippen LogP contribution in [0, 0.1) is 5.41 Å². The molecule has 0 atom stereocenters. The number of carbonyl (C=O) groups is 1. The first kappa shape index (κ1) is 21.5. The van der Waals surface area contributed by atoms with Crippen molar-refractivity contribution in [3.8, 4) is 5.75 Å². The minimum absolute atomic E-state index is 0.320. The molecule has 0 aromatic heterocycles. The van der Waals surface area contributed by atoms with Crippen LogP contribution >= 0.6 is 0 Å². The van der Waals surface area contributed by atoms with Gasteiger partial charge in [0.05, 0.1) is 14.2 Å². The number of anilines is 1. The first-order chi connectivity index (χ1) is 15.0. The Morgan fingerprint density at radius 3 is 2.29 bits per heavy atom. The highest BCUT2D eigenvalue weighted by Gasteiger charge is 2.49. The Labute approximate surface area is 185 Å². The molecule has 0 saturated heterocycles. The standard InChI is InChI=1S/C27H33NO3/c1-20(17-25(29)31-3)21-5-4-6-23(18-21)28-19-26-11-14-27(15-12-26,16-13-26)22-7-9-24(30-2)10-8-22/h4-10,17-18,28H,11-16,19H2,1-3H3/b20-17+. The fourth-order valence-electron chi connectivity index (χ4n) is 5.39. The fourth-order valence-corrected chi connectivity index (χ4v) is 5.39. The molecule has 3 aliphatic rings. The molecule has 3 saturated carbocycles. The Morgan fingerprint density at radius 2 is 1.68 bits per heavy atom. The van der Waals surface area contributed by atoms with Gasteiger partial charge < -0.3 is 14.8 Å². The van der Waals surface area contributed by atoms with Crippen molar-refractivity contribution >= 4 is 17.2 Å². The average Bonchev–Trinajstić information content (AvgIpc) is 2.84. The van der Waals surface area contributed by atoms with Crippen LogP contribution in [0.5, 0.6) is 5.75 Å². The topological polar surface area (TPSA) is 47.6 Å². The first-order valence-corrected chi connectivity index (χ1v) is 11.2. The fraction of sp³-hybridized carbons (Fsp3) is 0.444. The van der Waals surface area contributed by atoms with Gasteiger partial charge in [-0.2, -0.15) is 0 Å². The molecule has 0 aliphatic heterocycles. The van der Waals surface area contributed by atoms with E-state index in [1.54, 1.807) is 13.2 Å². The number of esters is 1. The molecule has 2 aromatic carbocycles. The van der Waals surface area contributed by atoms with Gasteiger partial charge in [-0.05, 0) is 97.2 Å². The Morgan fingerprint density at radius 1 is 1.00 bits per heavy atom. The summed E-state index contributed by atoms with van der Waals surface area (Å²) >= 11 is 0. The number of hydrogen-bond donors (Lipinski definition) is 1. The van der Waals surface area contributed by atoms with E-state index in [1.807, 2.05) is 19.1 Å². The molecule has 3 fully saturated rings. The number of allylic oxidation sites excluding steroid dienone is 1. The smallest absolute Gasteiger partial charge is 0.330 e. The number of ether oxygens (including phenoxy) is 2.